The average Bonchev–Trinajstić information content (AvgIpc) is 2.73. The molecule has 0 aliphatic heterocycles. The van der Waals surface area contributed by atoms with Gasteiger partial charge in [0.2, 0.25) is 0 Å². The maximum atomic E-state index is 12.9. The van der Waals surface area contributed by atoms with Crippen LogP contribution in [0.5, 0.6) is 11.5 Å². The molecule has 0 saturated carbocycles. The number of carbonyl (C=O) groups is 1. The lowest BCUT2D eigenvalue weighted by atomic mass is 10.1. The second kappa shape index (κ2) is 8.82. The van der Waals surface area contributed by atoms with Crippen LogP contribution in [0.4, 0.5) is 0 Å². The lowest BCUT2D eigenvalue weighted by molar-refractivity contribution is 0.0955. The third kappa shape index (κ3) is 4.26. The molecule has 0 fully saturated rings. The third-order valence-electron chi connectivity index (χ3n) is 4.90. The summed E-state index contributed by atoms with van der Waals surface area (Å²) in [5, 5.41) is 4.18. The maximum absolute atomic E-state index is 12.9. The van der Waals surface area contributed by atoms with E-state index in [4.69, 9.17) is 9.47 Å². The molecule has 29 heavy (non-hydrogen) atoms. The van der Waals surface area contributed by atoms with Crippen molar-refractivity contribution in [1.29, 1.82) is 0 Å². The molecule has 0 spiro atoms. The van der Waals surface area contributed by atoms with Gasteiger partial charge in [-0.15, -0.1) is 0 Å². The number of nitrogens with zero attached hydrogens (tertiary/aromatic N) is 1. The molecular formula is C23H26N2O4. The van der Waals surface area contributed by atoms with E-state index >= 15 is 0 Å². The first-order valence-electron chi connectivity index (χ1n) is 9.59. The molecule has 0 bridgehead atoms. The Kier molecular flexibility index (Phi) is 6.22. The average molecular weight is 394 g/mol. The highest BCUT2D eigenvalue weighted by molar-refractivity contribution is 6.06. The summed E-state index contributed by atoms with van der Waals surface area (Å²) in [4.78, 5) is 25.6. The summed E-state index contributed by atoms with van der Waals surface area (Å²) in [7, 11) is 3.19. The molecule has 1 aromatic heterocycles. The van der Waals surface area contributed by atoms with Crippen LogP contribution >= 0.6 is 0 Å². The molecule has 1 N–H and O–H groups in total. The van der Waals surface area contributed by atoms with Gasteiger partial charge in [-0.25, -0.2) is 0 Å². The SMILES string of the molecule is COc1ccc(CCNC(=O)c2cn(C(C)C)c(=O)c3ccccc23)cc1OC. The van der Waals surface area contributed by atoms with Crippen LogP contribution in [0.15, 0.2) is 53.5 Å². The van der Waals surface area contributed by atoms with E-state index in [0.29, 0.717) is 40.8 Å². The summed E-state index contributed by atoms with van der Waals surface area (Å²) in [6.45, 7) is 4.31. The van der Waals surface area contributed by atoms with Crippen LogP contribution in [0.2, 0.25) is 0 Å². The first kappa shape index (κ1) is 20.5. The Morgan fingerprint density at radius 2 is 1.72 bits per heavy atom. The predicted molar refractivity (Wildman–Crippen MR) is 114 cm³/mol. The molecule has 3 aromatic rings. The number of pyridine rings is 1. The number of amides is 1. The van der Waals surface area contributed by atoms with Crippen molar-refractivity contribution in [3.63, 3.8) is 0 Å². The van der Waals surface area contributed by atoms with Gasteiger partial charge >= 0.3 is 0 Å². The normalized spacial score (nSPS) is 10.9. The highest BCUT2D eigenvalue weighted by atomic mass is 16.5. The Balaban J connectivity index is 1.80. The van der Waals surface area contributed by atoms with Crippen molar-refractivity contribution in [1.82, 2.24) is 9.88 Å². The number of ether oxygens (including phenoxy) is 2. The van der Waals surface area contributed by atoms with Crippen molar-refractivity contribution in [3.8, 4) is 11.5 Å². The van der Waals surface area contributed by atoms with Crippen LogP contribution in [0, 0.1) is 0 Å². The van der Waals surface area contributed by atoms with Crippen LogP contribution in [0.25, 0.3) is 10.8 Å². The monoisotopic (exact) mass is 394 g/mol. The number of nitrogens with one attached hydrogen (secondary N) is 1. The lowest BCUT2D eigenvalue weighted by Gasteiger charge is -2.15. The van der Waals surface area contributed by atoms with Gasteiger partial charge in [-0.05, 0) is 44.0 Å². The third-order valence-corrected chi connectivity index (χ3v) is 4.90. The van der Waals surface area contributed by atoms with Crippen LogP contribution in [0.3, 0.4) is 0 Å². The summed E-state index contributed by atoms with van der Waals surface area (Å²) in [6, 6.07) is 12.9. The first-order chi connectivity index (χ1) is 14.0. The van der Waals surface area contributed by atoms with Crippen molar-refractivity contribution in [3.05, 3.63) is 70.1 Å². The number of hydrogen-bond donors (Lipinski definition) is 1. The Labute approximate surface area is 170 Å². The fraction of sp³-hybridized carbons (Fsp3) is 0.304. The molecule has 6 heteroatoms. The van der Waals surface area contributed by atoms with Crippen LogP contribution in [0.1, 0.15) is 35.8 Å². The number of fused-ring (bicyclic) bond motifs is 1. The van der Waals surface area contributed by atoms with E-state index in [0.717, 1.165) is 5.56 Å². The quantitative estimate of drug-likeness (QED) is 0.665. The molecule has 2 aromatic carbocycles. The summed E-state index contributed by atoms with van der Waals surface area (Å²) in [6.07, 6.45) is 2.30. The summed E-state index contributed by atoms with van der Waals surface area (Å²) < 4.78 is 12.2. The topological polar surface area (TPSA) is 69.6 Å². The van der Waals surface area contributed by atoms with Crippen molar-refractivity contribution >= 4 is 16.7 Å². The molecule has 152 valence electrons. The Bertz CT molecular complexity index is 1090. The Morgan fingerprint density at radius 1 is 1.03 bits per heavy atom. The standard InChI is InChI=1S/C23H26N2O4/c1-15(2)25-14-19(17-7-5-6-8-18(17)23(25)27)22(26)24-12-11-16-9-10-20(28-3)21(13-16)29-4/h5-10,13-15H,11-12H2,1-4H3,(H,24,26). The Hall–Kier alpha value is -3.28. The highest BCUT2D eigenvalue weighted by Crippen LogP contribution is 2.27. The number of rotatable bonds is 7. The van der Waals surface area contributed by atoms with Gasteiger partial charge < -0.3 is 19.4 Å². The maximum Gasteiger partial charge on any atom is 0.258 e. The molecule has 0 aliphatic rings. The highest BCUT2D eigenvalue weighted by Gasteiger charge is 2.15. The molecule has 0 unspecified atom stereocenters. The molecule has 3 rings (SSSR count). The molecule has 0 radical (unpaired) electrons. The van der Waals surface area contributed by atoms with Crippen molar-refractivity contribution < 1.29 is 14.3 Å². The second-order valence-corrected chi connectivity index (χ2v) is 7.09. The van der Waals surface area contributed by atoms with Gasteiger partial charge in [0.25, 0.3) is 11.5 Å². The second-order valence-electron chi connectivity index (χ2n) is 7.09. The minimum Gasteiger partial charge on any atom is -0.493 e. The summed E-state index contributed by atoms with van der Waals surface area (Å²) >= 11 is 0. The zero-order valence-electron chi connectivity index (χ0n) is 17.2. The van der Waals surface area contributed by atoms with Gasteiger partial charge in [0.1, 0.15) is 0 Å². The fourth-order valence-corrected chi connectivity index (χ4v) is 3.33. The van der Waals surface area contributed by atoms with Gasteiger partial charge in [0.15, 0.2) is 11.5 Å². The predicted octanol–water partition coefficient (Wildman–Crippen LogP) is 3.57. The zero-order chi connectivity index (χ0) is 21.0. The van der Waals surface area contributed by atoms with E-state index in [2.05, 4.69) is 5.32 Å². The number of benzene rings is 2. The van der Waals surface area contributed by atoms with Gasteiger partial charge in [0.05, 0.1) is 19.8 Å². The number of aromatic nitrogens is 1. The Morgan fingerprint density at radius 3 is 2.38 bits per heavy atom. The summed E-state index contributed by atoms with van der Waals surface area (Å²) in [5.74, 6) is 1.13. The van der Waals surface area contributed by atoms with E-state index in [9.17, 15) is 9.59 Å². The molecule has 0 aliphatic carbocycles. The van der Waals surface area contributed by atoms with Gasteiger partial charge in [-0.1, -0.05) is 24.3 Å². The van der Waals surface area contributed by atoms with Crippen molar-refractivity contribution in [2.24, 2.45) is 0 Å². The number of hydrogen-bond acceptors (Lipinski definition) is 4. The van der Waals surface area contributed by atoms with E-state index in [1.54, 1.807) is 31.0 Å². The fourth-order valence-electron chi connectivity index (χ4n) is 3.33. The largest absolute Gasteiger partial charge is 0.493 e. The number of methoxy groups -OCH3 is 2. The van der Waals surface area contributed by atoms with E-state index < -0.39 is 0 Å². The molecule has 1 amide bonds. The van der Waals surface area contributed by atoms with Gasteiger partial charge in [0, 0.05) is 29.6 Å². The molecule has 6 nitrogen and oxygen atoms in total. The molecule has 0 atom stereocenters. The zero-order valence-corrected chi connectivity index (χ0v) is 17.2. The van der Waals surface area contributed by atoms with E-state index in [1.165, 1.54) is 0 Å². The number of carbonyl (C=O) groups excluding carboxylic acids is 1. The van der Waals surface area contributed by atoms with Crippen LogP contribution in [-0.2, 0) is 6.42 Å². The molecular weight excluding hydrogens is 368 g/mol. The van der Waals surface area contributed by atoms with Crippen molar-refractivity contribution in [2.45, 2.75) is 26.3 Å². The molecule has 1 heterocycles. The van der Waals surface area contributed by atoms with Gasteiger partial charge in [-0.2, -0.15) is 0 Å². The smallest absolute Gasteiger partial charge is 0.258 e. The molecule has 0 saturated heterocycles. The minimum atomic E-state index is -0.198. The first-order valence-corrected chi connectivity index (χ1v) is 9.59. The van der Waals surface area contributed by atoms with E-state index in [-0.39, 0.29) is 17.5 Å². The van der Waals surface area contributed by atoms with Crippen LogP contribution < -0.4 is 20.3 Å². The lowest BCUT2D eigenvalue weighted by Crippen LogP contribution is -2.29. The summed E-state index contributed by atoms with van der Waals surface area (Å²) in [5.41, 5.74) is 1.44. The van der Waals surface area contributed by atoms with E-state index in [1.807, 2.05) is 50.2 Å². The van der Waals surface area contributed by atoms with Gasteiger partial charge in [-0.3, -0.25) is 9.59 Å². The van der Waals surface area contributed by atoms with Crippen LogP contribution in [-0.4, -0.2) is 31.2 Å². The van der Waals surface area contributed by atoms with Crippen molar-refractivity contribution in [2.75, 3.05) is 20.8 Å². The minimum absolute atomic E-state index is 0.0366.